The summed E-state index contributed by atoms with van der Waals surface area (Å²) in [5.74, 6) is 4.83. The fourth-order valence-electron chi connectivity index (χ4n) is 9.76. The topological polar surface area (TPSA) is 12.5 Å². The molecule has 2 spiro atoms. The molecule has 0 N–H and O–H groups in total. The minimum atomic E-state index is 0.0116. The van der Waals surface area contributed by atoms with Crippen molar-refractivity contribution < 1.29 is 4.74 Å². The Labute approximate surface area is 202 Å². The van der Waals surface area contributed by atoms with E-state index in [1.807, 2.05) is 0 Å². The van der Waals surface area contributed by atoms with Crippen molar-refractivity contribution in [2.75, 3.05) is 20.1 Å². The zero-order valence-electron chi connectivity index (χ0n) is 21.9. The Morgan fingerprint density at radius 2 is 2.00 bits per heavy atom. The van der Waals surface area contributed by atoms with Gasteiger partial charge in [-0.1, -0.05) is 58.4 Å². The molecule has 2 saturated heterocycles. The Hall–Kier alpha value is -0.860. The monoisotopic (exact) mass is 449 g/mol. The second-order valence-corrected chi connectivity index (χ2v) is 13.6. The highest BCUT2D eigenvalue weighted by atomic mass is 16.5. The number of fused-ring (bicyclic) bond motifs is 1. The summed E-state index contributed by atoms with van der Waals surface area (Å²) in [6.07, 6.45) is 21.9. The molecule has 182 valence electrons. The van der Waals surface area contributed by atoms with Crippen LogP contribution in [0.25, 0.3) is 0 Å². The molecule has 9 atom stereocenters. The van der Waals surface area contributed by atoms with E-state index in [0.29, 0.717) is 17.3 Å². The van der Waals surface area contributed by atoms with Crippen LogP contribution < -0.4 is 0 Å². The van der Waals surface area contributed by atoms with Crippen molar-refractivity contribution in [3.8, 4) is 0 Å². The normalized spacial score (nSPS) is 49.7. The van der Waals surface area contributed by atoms with Gasteiger partial charge in [0.2, 0.25) is 0 Å². The molecule has 2 nitrogen and oxygen atoms in total. The molecule has 3 fully saturated rings. The molecule has 6 rings (SSSR count). The summed E-state index contributed by atoms with van der Waals surface area (Å²) >= 11 is 0. The van der Waals surface area contributed by atoms with Crippen LogP contribution in [-0.2, 0) is 4.74 Å². The Balaban J connectivity index is 1.21. The van der Waals surface area contributed by atoms with E-state index in [1.165, 1.54) is 76.5 Å². The van der Waals surface area contributed by atoms with Crippen molar-refractivity contribution in [2.45, 2.75) is 96.7 Å². The first-order valence-corrected chi connectivity index (χ1v) is 14.3. The molecule has 2 bridgehead atoms. The van der Waals surface area contributed by atoms with Gasteiger partial charge in [-0.25, -0.2) is 0 Å². The second-order valence-electron chi connectivity index (χ2n) is 13.6. The van der Waals surface area contributed by atoms with Gasteiger partial charge in [0.15, 0.2) is 0 Å². The molecule has 0 aromatic rings. The van der Waals surface area contributed by atoms with Crippen LogP contribution in [0.1, 0.15) is 85.5 Å². The smallest absolute Gasteiger partial charge is 0.0975 e. The molecular formula is C31H47NO. The first kappa shape index (κ1) is 22.6. The Morgan fingerprint density at radius 3 is 2.82 bits per heavy atom. The van der Waals surface area contributed by atoms with Crippen molar-refractivity contribution >= 4 is 0 Å². The van der Waals surface area contributed by atoms with E-state index in [2.05, 4.69) is 63.9 Å². The van der Waals surface area contributed by atoms with Gasteiger partial charge in [-0.05, 0) is 117 Å². The van der Waals surface area contributed by atoms with Crippen LogP contribution in [0.3, 0.4) is 0 Å². The first-order valence-electron chi connectivity index (χ1n) is 14.3. The van der Waals surface area contributed by atoms with Crippen LogP contribution >= 0.6 is 0 Å². The van der Waals surface area contributed by atoms with Crippen molar-refractivity contribution in [1.29, 1.82) is 0 Å². The molecule has 9 unspecified atom stereocenters. The summed E-state index contributed by atoms with van der Waals surface area (Å²) in [5.41, 5.74) is 3.45. The molecule has 6 aliphatic rings. The van der Waals surface area contributed by atoms with Gasteiger partial charge in [0.05, 0.1) is 11.2 Å². The van der Waals surface area contributed by atoms with Crippen molar-refractivity contribution in [2.24, 2.45) is 40.9 Å². The standard InChI is InChI=1S/C31H47NO/c1-21-6-9-25-18-26-12-14-29(4)27(22(2)7-8-24-13-17-32(5)20-23(24)3)10-11-28(29)31(26)16-15-30(25,19-21)33-31/h6,9,12,18,21-24,27-28H,7-8,10-11,13-17,19-20H2,1-5H3. The zero-order chi connectivity index (χ0) is 23.0. The summed E-state index contributed by atoms with van der Waals surface area (Å²) in [6, 6.07) is 0. The lowest BCUT2D eigenvalue weighted by atomic mass is 9.57. The quantitative estimate of drug-likeness (QED) is 0.451. The zero-order valence-corrected chi connectivity index (χ0v) is 21.9. The molecule has 0 radical (unpaired) electrons. The fraction of sp³-hybridized carbons (Fsp3) is 0.806. The number of ether oxygens (including phenoxy) is 1. The van der Waals surface area contributed by atoms with Crippen LogP contribution in [0.5, 0.6) is 0 Å². The third-order valence-electron chi connectivity index (χ3n) is 11.6. The number of rotatable bonds is 4. The second kappa shape index (κ2) is 7.82. The highest BCUT2D eigenvalue weighted by Gasteiger charge is 2.66. The molecule has 3 aliphatic heterocycles. The van der Waals surface area contributed by atoms with Crippen molar-refractivity contribution in [3.05, 3.63) is 35.5 Å². The molecule has 3 heterocycles. The predicted octanol–water partition coefficient (Wildman–Crippen LogP) is 7.18. The van der Waals surface area contributed by atoms with Gasteiger partial charge in [-0.15, -0.1) is 0 Å². The third kappa shape index (κ3) is 3.33. The van der Waals surface area contributed by atoms with Crippen LogP contribution in [0.2, 0.25) is 0 Å². The van der Waals surface area contributed by atoms with Crippen molar-refractivity contribution in [1.82, 2.24) is 4.90 Å². The fourth-order valence-corrected chi connectivity index (χ4v) is 9.76. The van der Waals surface area contributed by atoms with E-state index < -0.39 is 0 Å². The highest BCUT2D eigenvalue weighted by molar-refractivity contribution is 5.51. The van der Waals surface area contributed by atoms with E-state index in [1.54, 1.807) is 5.57 Å². The van der Waals surface area contributed by atoms with Crippen LogP contribution in [-0.4, -0.2) is 36.2 Å². The van der Waals surface area contributed by atoms with Gasteiger partial charge in [0, 0.05) is 6.54 Å². The van der Waals surface area contributed by atoms with Gasteiger partial charge < -0.3 is 9.64 Å². The predicted molar refractivity (Wildman–Crippen MR) is 137 cm³/mol. The van der Waals surface area contributed by atoms with Gasteiger partial charge in [-0.2, -0.15) is 0 Å². The average Bonchev–Trinajstić information content (AvgIpc) is 3.28. The van der Waals surface area contributed by atoms with Crippen LogP contribution in [0.4, 0.5) is 0 Å². The maximum Gasteiger partial charge on any atom is 0.0975 e. The summed E-state index contributed by atoms with van der Waals surface area (Å²) < 4.78 is 7.34. The SMILES string of the molecule is CC1C=CC2=CC3=CCC4(C)C(C(C)CCC5CCN(C)CC5C)CCC4C34CCC2(C1)O4. The molecule has 3 aliphatic carbocycles. The molecule has 0 amide bonds. The van der Waals surface area contributed by atoms with E-state index in [9.17, 15) is 0 Å². The summed E-state index contributed by atoms with van der Waals surface area (Å²) in [6.45, 7) is 12.7. The molecular weight excluding hydrogens is 402 g/mol. The lowest BCUT2D eigenvalue weighted by Gasteiger charge is -2.54. The first-order chi connectivity index (χ1) is 15.8. The number of nitrogens with zero attached hydrogens (tertiary/aromatic N) is 1. The number of allylic oxidation sites excluding steroid dienone is 2. The molecule has 0 aromatic heterocycles. The number of piperidine rings is 1. The Bertz CT molecular complexity index is 885. The maximum absolute atomic E-state index is 7.34. The molecule has 33 heavy (non-hydrogen) atoms. The van der Waals surface area contributed by atoms with E-state index in [-0.39, 0.29) is 11.2 Å². The minimum absolute atomic E-state index is 0.0116. The largest absolute Gasteiger partial charge is 0.359 e. The average molecular weight is 450 g/mol. The van der Waals surface area contributed by atoms with E-state index >= 15 is 0 Å². The van der Waals surface area contributed by atoms with E-state index in [0.717, 1.165) is 23.7 Å². The molecule has 0 aromatic carbocycles. The summed E-state index contributed by atoms with van der Waals surface area (Å²) in [7, 11) is 2.29. The molecule has 1 saturated carbocycles. The lowest BCUT2D eigenvalue weighted by Crippen LogP contribution is -2.54. The van der Waals surface area contributed by atoms with Gasteiger partial charge in [0.25, 0.3) is 0 Å². The highest BCUT2D eigenvalue weighted by Crippen LogP contribution is 2.68. The van der Waals surface area contributed by atoms with Gasteiger partial charge >= 0.3 is 0 Å². The third-order valence-corrected chi connectivity index (χ3v) is 11.6. The minimum Gasteiger partial charge on any atom is -0.359 e. The van der Waals surface area contributed by atoms with Crippen molar-refractivity contribution in [3.63, 3.8) is 0 Å². The van der Waals surface area contributed by atoms with E-state index in [4.69, 9.17) is 4.74 Å². The molecule has 2 heteroatoms. The summed E-state index contributed by atoms with van der Waals surface area (Å²) in [4.78, 5) is 2.53. The maximum atomic E-state index is 7.34. The number of likely N-dealkylation sites (tertiary alicyclic amines) is 1. The number of hydrogen-bond acceptors (Lipinski definition) is 2. The van der Waals surface area contributed by atoms with Gasteiger partial charge in [0.1, 0.15) is 0 Å². The van der Waals surface area contributed by atoms with Crippen LogP contribution in [0.15, 0.2) is 35.5 Å². The van der Waals surface area contributed by atoms with Gasteiger partial charge in [-0.3, -0.25) is 0 Å². The number of hydrogen-bond donors (Lipinski definition) is 0. The Morgan fingerprint density at radius 1 is 1.15 bits per heavy atom. The van der Waals surface area contributed by atoms with Crippen LogP contribution in [0, 0.1) is 40.9 Å². The Kier molecular flexibility index (Phi) is 5.36. The summed E-state index contributed by atoms with van der Waals surface area (Å²) in [5, 5.41) is 0. The lowest BCUT2D eigenvalue weighted by molar-refractivity contribution is -0.136.